The Labute approximate surface area is 160 Å². The molecule has 1 saturated heterocycles. The molecule has 0 amide bonds. The van der Waals surface area contributed by atoms with Crippen LogP contribution >= 0.6 is 11.3 Å². The van der Waals surface area contributed by atoms with E-state index in [1.807, 2.05) is 0 Å². The lowest BCUT2D eigenvalue weighted by molar-refractivity contribution is -0.0238. The maximum atomic E-state index is 6.02. The lowest BCUT2D eigenvalue weighted by atomic mass is 9.52. The smallest absolute Gasteiger partial charge is 0.181 e. The highest BCUT2D eigenvalue weighted by atomic mass is 32.1. The van der Waals surface area contributed by atoms with Crippen LogP contribution in [0, 0.1) is 11.8 Å². The number of fused-ring (bicyclic) bond motifs is 2. The SMILES string of the molecule is Nc1nc2cc3c(cc2s1)C[C@@H]1C2CCCC[C@]32CCN1CC1CCC1. The van der Waals surface area contributed by atoms with Crippen molar-refractivity contribution >= 4 is 26.7 Å². The summed E-state index contributed by atoms with van der Waals surface area (Å²) in [4.78, 5) is 7.53. The van der Waals surface area contributed by atoms with E-state index in [1.54, 1.807) is 22.5 Å². The summed E-state index contributed by atoms with van der Waals surface area (Å²) in [5.41, 5.74) is 10.9. The highest BCUT2D eigenvalue weighted by Gasteiger charge is 2.54. The maximum Gasteiger partial charge on any atom is 0.181 e. The number of hydrogen-bond donors (Lipinski definition) is 1. The number of nitrogens with two attached hydrogens (primary N) is 1. The zero-order chi connectivity index (χ0) is 17.3. The first kappa shape index (κ1) is 15.9. The average molecular weight is 368 g/mol. The number of nitrogen functional groups attached to an aromatic ring is 1. The van der Waals surface area contributed by atoms with Gasteiger partial charge < -0.3 is 5.73 Å². The van der Waals surface area contributed by atoms with Gasteiger partial charge in [-0.25, -0.2) is 4.98 Å². The monoisotopic (exact) mass is 367 g/mol. The number of piperidine rings is 1. The van der Waals surface area contributed by atoms with Crippen LogP contribution in [0.4, 0.5) is 5.13 Å². The number of anilines is 1. The number of benzene rings is 1. The highest BCUT2D eigenvalue weighted by Crippen LogP contribution is 2.56. The Morgan fingerprint density at radius 2 is 2.08 bits per heavy atom. The fraction of sp³-hybridized carbons (Fsp3) is 0.682. The van der Waals surface area contributed by atoms with Crippen LogP contribution in [0.3, 0.4) is 0 Å². The maximum absolute atomic E-state index is 6.02. The minimum Gasteiger partial charge on any atom is -0.375 e. The van der Waals surface area contributed by atoms with Crippen LogP contribution in [-0.2, 0) is 11.8 Å². The summed E-state index contributed by atoms with van der Waals surface area (Å²) in [5, 5.41) is 0.717. The van der Waals surface area contributed by atoms with E-state index in [-0.39, 0.29) is 0 Å². The Bertz CT molecular complexity index is 854. The molecule has 3 aliphatic carbocycles. The van der Waals surface area contributed by atoms with Gasteiger partial charge in [-0.3, -0.25) is 4.90 Å². The molecule has 4 heteroatoms. The van der Waals surface area contributed by atoms with Crippen molar-refractivity contribution in [2.24, 2.45) is 11.8 Å². The van der Waals surface area contributed by atoms with Gasteiger partial charge in [0, 0.05) is 18.0 Å². The minimum atomic E-state index is 0.430. The van der Waals surface area contributed by atoms with Crippen molar-refractivity contribution in [3.8, 4) is 0 Å². The van der Waals surface area contributed by atoms with Crippen molar-refractivity contribution < 1.29 is 0 Å². The van der Waals surface area contributed by atoms with Crippen LogP contribution in [0.2, 0.25) is 0 Å². The van der Waals surface area contributed by atoms with Crippen molar-refractivity contribution in [2.75, 3.05) is 18.8 Å². The molecule has 6 rings (SSSR count). The molecule has 1 aromatic carbocycles. The van der Waals surface area contributed by atoms with E-state index in [0.717, 1.165) is 28.5 Å². The minimum absolute atomic E-state index is 0.430. The molecule has 3 nitrogen and oxygen atoms in total. The molecule has 1 aliphatic heterocycles. The first-order chi connectivity index (χ1) is 12.7. The Hall–Kier alpha value is -1.13. The predicted molar refractivity (Wildman–Crippen MR) is 109 cm³/mol. The van der Waals surface area contributed by atoms with E-state index in [1.165, 1.54) is 75.6 Å². The summed E-state index contributed by atoms with van der Waals surface area (Å²) in [7, 11) is 0. The van der Waals surface area contributed by atoms with Crippen molar-refractivity contribution in [3.05, 3.63) is 23.3 Å². The normalized spacial score (nSPS) is 34.3. The van der Waals surface area contributed by atoms with Gasteiger partial charge in [0.2, 0.25) is 0 Å². The Balaban J connectivity index is 1.46. The molecule has 2 heterocycles. The zero-order valence-electron chi connectivity index (χ0n) is 15.5. The van der Waals surface area contributed by atoms with E-state index in [2.05, 4.69) is 22.0 Å². The van der Waals surface area contributed by atoms with E-state index in [0.29, 0.717) is 5.41 Å². The second-order valence-electron chi connectivity index (χ2n) is 9.35. The Kier molecular flexibility index (Phi) is 3.47. The zero-order valence-corrected chi connectivity index (χ0v) is 16.4. The van der Waals surface area contributed by atoms with Crippen molar-refractivity contribution in [1.29, 1.82) is 0 Å². The number of thiazole rings is 1. The van der Waals surface area contributed by atoms with Gasteiger partial charge in [0.15, 0.2) is 5.13 Å². The molecule has 1 aromatic heterocycles. The summed E-state index contributed by atoms with van der Waals surface area (Å²) >= 11 is 1.66. The topological polar surface area (TPSA) is 42.1 Å². The number of rotatable bonds is 2. The van der Waals surface area contributed by atoms with Gasteiger partial charge in [-0.2, -0.15) is 0 Å². The molecular formula is C22H29N3S. The third kappa shape index (κ3) is 2.18. The largest absolute Gasteiger partial charge is 0.375 e. The molecule has 2 bridgehead atoms. The van der Waals surface area contributed by atoms with Gasteiger partial charge in [-0.05, 0) is 80.2 Å². The lowest BCUT2D eigenvalue weighted by Crippen LogP contribution is -2.61. The van der Waals surface area contributed by atoms with E-state index in [4.69, 9.17) is 5.73 Å². The molecule has 0 radical (unpaired) electrons. The van der Waals surface area contributed by atoms with Crippen LogP contribution < -0.4 is 5.73 Å². The number of nitrogens with zero attached hydrogens (tertiary/aromatic N) is 2. The van der Waals surface area contributed by atoms with Crippen LogP contribution in [0.25, 0.3) is 10.2 Å². The average Bonchev–Trinajstić information content (AvgIpc) is 2.97. The summed E-state index contributed by atoms with van der Waals surface area (Å²) in [5.74, 6) is 1.85. The van der Waals surface area contributed by atoms with Gasteiger partial charge in [-0.15, -0.1) is 0 Å². The fourth-order valence-electron chi connectivity index (χ4n) is 6.77. The van der Waals surface area contributed by atoms with Gasteiger partial charge in [0.25, 0.3) is 0 Å². The summed E-state index contributed by atoms with van der Waals surface area (Å²) in [6, 6.07) is 5.67. The van der Waals surface area contributed by atoms with Crippen LogP contribution in [0.15, 0.2) is 12.1 Å². The van der Waals surface area contributed by atoms with Gasteiger partial charge in [0.05, 0.1) is 10.2 Å². The van der Waals surface area contributed by atoms with Gasteiger partial charge >= 0.3 is 0 Å². The molecule has 138 valence electrons. The van der Waals surface area contributed by atoms with Crippen molar-refractivity contribution in [1.82, 2.24) is 9.88 Å². The standard InChI is InChI=1S/C22H29N3S/c23-21-24-18-12-17-15(11-20(18)26-21)10-19-16-6-1-2-7-22(16,17)8-9-25(19)13-14-4-3-5-14/h11-12,14,16,19H,1-10,13H2,(H2,23,24)/t16?,19-,22-/m1/s1. The van der Waals surface area contributed by atoms with Gasteiger partial charge in [-0.1, -0.05) is 30.6 Å². The first-order valence-electron chi connectivity index (χ1n) is 10.7. The fourth-order valence-corrected chi connectivity index (χ4v) is 7.55. The molecule has 2 saturated carbocycles. The molecule has 2 N–H and O–H groups in total. The van der Waals surface area contributed by atoms with Crippen LogP contribution in [-0.4, -0.2) is 29.0 Å². The van der Waals surface area contributed by atoms with Crippen LogP contribution in [0.5, 0.6) is 0 Å². The molecule has 1 unspecified atom stereocenters. The molecular weight excluding hydrogens is 338 g/mol. The van der Waals surface area contributed by atoms with E-state index in [9.17, 15) is 0 Å². The second-order valence-corrected chi connectivity index (χ2v) is 10.4. The number of aromatic nitrogens is 1. The van der Waals surface area contributed by atoms with E-state index >= 15 is 0 Å². The van der Waals surface area contributed by atoms with E-state index < -0.39 is 0 Å². The lowest BCUT2D eigenvalue weighted by Gasteiger charge is -2.59. The molecule has 0 spiro atoms. The Morgan fingerprint density at radius 3 is 2.92 bits per heavy atom. The number of hydrogen-bond acceptors (Lipinski definition) is 4. The summed E-state index contributed by atoms with van der Waals surface area (Å²) < 4.78 is 1.29. The molecule has 26 heavy (non-hydrogen) atoms. The molecule has 3 fully saturated rings. The third-order valence-corrected chi connectivity index (χ3v) is 9.04. The number of likely N-dealkylation sites (tertiary alicyclic amines) is 1. The van der Waals surface area contributed by atoms with Crippen LogP contribution in [0.1, 0.15) is 62.5 Å². The summed E-state index contributed by atoms with van der Waals surface area (Å²) in [6.07, 6.45) is 12.7. The molecule has 3 atom stereocenters. The third-order valence-electron chi connectivity index (χ3n) is 8.19. The second kappa shape index (κ2) is 5.68. The Morgan fingerprint density at radius 1 is 1.15 bits per heavy atom. The molecule has 4 aliphatic rings. The molecule has 2 aromatic rings. The van der Waals surface area contributed by atoms with Crippen molar-refractivity contribution in [2.45, 2.75) is 69.2 Å². The van der Waals surface area contributed by atoms with Crippen molar-refractivity contribution in [3.63, 3.8) is 0 Å². The highest BCUT2D eigenvalue weighted by molar-refractivity contribution is 7.22. The predicted octanol–water partition coefficient (Wildman–Crippen LogP) is 4.74. The summed E-state index contributed by atoms with van der Waals surface area (Å²) in [6.45, 7) is 2.68. The van der Waals surface area contributed by atoms with Gasteiger partial charge in [0.1, 0.15) is 0 Å². The quantitative estimate of drug-likeness (QED) is 0.834. The first-order valence-corrected chi connectivity index (χ1v) is 11.5.